The van der Waals surface area contributed by atoms with E-state index >= 15 is 0 Å². The molecule has 5 heteroatoms. The second-order valence-electron chi connectivity index (χ2n) is 5.97. The molecule has 3 aromatic carbocycles. The summed E-state index contributed by atoms with van der Waals surface area (Å²) in [4.78, 5) is 2.13. The predicted molar refractivity (Wildman–Crippen MR) is 107 cm³/mol. The number of phenolic OH excluding ortho intramolecular Hbond substituents is 1. The molecule has 0 amide bonds. The van der Waals surface area contributed by atoms with Crippen molar-refractivity contribution >= 4 is 38.3 Å². The third-order valence-corrected chi connectivity index (χ3v) is 4.80. The maximum Gasteiger partial charge on any atom is 0.120 e. The molecular weight excluding hydrogens is 402 g/mol. The van der Waals surface area contributed by atoms with Crippen LogP contribution in [-0.2, 0) is 6.54 Å². The van der Waals surface area contributed by atoms with E-state index in [1.807, 2.05) is 49.5 Å². The van der Waals surface area contributed by atoms with Gasteiger partial charge in [-0.3, -0.25) is 4.90 Å². The van der Waals surface area contributed by atoms with E-state index in [1.54, 1.807) is 6.07 Å². The van der Waals surface area contributed by atoms with Crippen molar-refractivity contribution < 1.29 is 9.84 Å². The summed E-state index contributed by atoms with van der Waals surface area (Å²) in [6, 6.07) is 17.1. The number of ether oxygens (including phenoxy) is 1. The smallest absolute Gasteiger partial charge is 0.120 e. The number of halogens is 2. The van der Waals surface area contributed by atoms with E-state index in [1.165, 1.54) is 0 Å². The highest BCUT2D eigenvalue weighted by Crippen LogP contribution is 2.30. The molecule has 0 saturated carbocycles. The number of phenols is 1. The fourth-order valence-electron chi connectivity index (χ4n) is 2.72. The molecule has 0 atom stereocenters. The molecule has 0 aliphatic carbocycles. The topological polar surface area (TPSA) is 32.7 Å². The molecule has 0 saturated heterocycles. The van der Waals surface area contributed by atoms with E-state index in [-0.39, 0.29) is 0 Å². The number of fused-ring (bicyclic) bond motifs is 1. The second-order valence-corrected chi connectivity index (χ2v) is 7.32. The summed E-state index contributed by atoms with van der Waals surface area (Å²) in [6.45, 7) is 1.96. The number of hydrogen-bond acceptors (Lipinski definition) is 3. The highest BCUT2D eigenvalue weighted by atomic mass is 79.9. The third-order valence-electron chi connectivity index (χ3n) is 4.05. The van der Waals surface area contributed by atoms with E-state index in [0.717, 1.165) is 33.1 Å². The van der Waals surface area contributed by atoms with Crippen LogP contribution in [0.25, 0.3) is 10.8 Å². The molecule has 0 spiro atoms. The minimum atomic E-state index is 0.320. The monoisotopic (exact) mass is 419 g/mol. The van der Waals surface area contributed by atoms with E-state index in [2.05, 4.69) is 26.9 Å². The van der Waals surface area contributed by atoms with Crippen molar-refractivity contribution in [2.24, 2.45) is 0 Å². The standard InChI is InChI=1S/C20H19BrClNO2/c1-23(10-11-25-17-6-4-16(22)5-7-17)13-19-18-8-3-15(21)12-14(18)2-9-20(19)24/h2-9,12,24H,10-11,13H2,1H3. The number of aromatic hydroxyl groups is 1. The highest BCUT2D eigenvalue weighted by Gasteiger charge is 2.10. The quantitative estimate of drug-likeness (QED) is 0.574. The Hall–Kier alpha value is -1.75. The Bertz CT molecular complexity index is 867. The molecule has 0 bridgehead atoms. The summed E-state index contributed by atoms with van der Waals surface area (Å²) >= 11 is 9.36. The summed E-state index contributed by atoms with van der Waals surface area (Å²) in [5.74, 6) is 1.12. The first-order valence-electron chi connectivity index (χ1n) is 8.00. The van der Waals surface area contributed by atoms with Gasteiger partial charge in [0, 0.05) is 28.1 Å². The lowest BCUT2D eigenvalue weighted by molar-refractivity contribution is 0.232. The number of likely N-dealkylation sites (N-methyl/N-ethyl adjacent to an activating group) is 1. The van der Waals surface area contributed by atoms with Crippen LogP contribution in [0, 0.1) is 0 Å². The molecule has 0 radical (unpaired) electrons. The lowest BCUT2D eigenvalue weighted by atomic mass is 10.0. The molecule has 1 N–H and O–H groups in total. The maximum absolute atomic E-state index is 10.3. The van der Waals surface area contributed by atoms with E-state index in [0.29, 0.717) is 23.9 Å². The molecule has 0 heterocycles. The summed E-state index contributed by atoms with van der Waals surface area (Å²) in [5.41, 5.74) is 0.930. The zero-order valence-electron chi connectivity index (χ0n) is 13.9. The van der Waals surface area contributed by atoms with E-state index in [9.17, 15) is 5.11 Å². The fourth-order valence-corrected chi connectivity index (χ4v) is 3.22. The normalized spacial score (nSPS) is 11.2. The Morgan fingerprint density at radius 1 is 1.08 bits per heavy atom. The van der Waals surface area contributed by atoms with Gasteiger partial charge in [-0.1, -0.05) is 39.7 Å². The van der Waals surface area contributed by atoms with Crippen LogP contribution in [0.3, 0.4) is 0 Å². The number of rotatable bonds is 6. The molecule has 0 aliphatic rings. The van der Waals surface area contributed by atoms with Gasteiger partial charge < -0.3 is 9.84 Å². The molecule has 25 heavy (non-hydrogen) atoms. The summed E-state index contributed by atoms with van der Waals surface area (Å²) < 4.78 is 6.76. The fraction of sp³-hybridized carbons (Fsp3) is 0.200. The maximum atomic E-state index is 10.3. The minimum absolute atomic E-state index is 0.320. The van der Waals surface area contributed by atoms with E-state index < -0.39 is 0 Å². The van der Waals surface area contributed by atoms with Crippen LogP contribution in [0.5, 0.6) is 11.5 Å². The van der Waals surface area contributed by atoms with Gasteiger partial charge in [0.15, 0.2) is 0 Å². The Kier molecular flexibility index (Phi) is 5.84. The van der Waals surface area contributed by atoms with Gasteiger partial charge in [-0.25, -0.2) is 0 Å². The largest absolute Gasteiger partial charge is 0.508 e. The van der Waals surface area contributed by atoms with Crippen molar-refractivity contribution in [3.8, 4) is 11.5 Å². The SMILES string of the molecule is CN(CCOc1ccc(Cl)cc1)Cc1c(O)ccc2cc(Br)ccc12. The van der Waals surface area contributed by atoms with Crippen LogP contribution in [0.2, 0.25) is 5.02 Å². The Morgan fingerprint density at radius 3 is 2.60 bits per heavy atom. The van der Waals surface area contributed by atoms with Gasteiger partial charge in [0.25, 0.3) is 0 Å². The average Bonchev–Trinajstić information content (AvgIpc) is 2.59. The first-order chi connectivity index (χ1) is 12.0. The van der Waals surface area contributed by atoms with Crippen LogP contribution in [0.15, 0.2) is 59.1 Å². The summed E-state index contributed by atoms with van der Waals surface area (Å²) in [7, 11) is 2.02. The molecule has 0 unspecified atom stereocenters. The number of benzene rings is 3. The molecule has 130 valence electrons. The van der Waals surface area contributed by atoms with Gasteiger partial charge in [0.2, 0.25) is 0 Å². The zero-order valence-corrected chi connectivity index (χ0v) is 16.2. The van der Waals surface area contributed by atoms with Crippen LogP contribution in [-0.4, -0.2) is 30.2 Å². The van der Waals surface area contributed by atoms with Crippen molar-refractivity contribution in [2.45, 2.75) is 6.54 Å². The molecule has 0 aliphatic heterocycles. The lowest BCUT2D eigenvalue weighted by Crippen LogP contribution is -2.24. The number of hydrogen-bond donors (Lipinski definition) is 1. The van der Waals surface area contributed by atoms with Crippen LogP contribution in [0.4, 0.5) is 0 Å². The van der Waals surface area contributed by atoms with Crippen LogP contribution < -0.4 is 4.74 Å². The van der Waals surface area contributed by atoms with Gasteiger partial charge in [-0.15, -0.1) is 0 Å². The first kappa shape index (κ1) is 18.1. The molecule has 3 aromatic rings. The van der Waals surface area contributed by atoms with Crippen molar-refractivity contribution in [2.75, 3.05) is 20.2 Å². The molecule has 0 aromatic heterocycles. The van der Waals surface area contributed by atoms with Gasteiger partial charge in [-0.2, -0.15) is 0 Å². The van der Waals surface area contributed by atoms with Crippen molar-refractivity contribution in [3.05, 3.63) is 69.7 Å². The predicted octanol–water partition coefficient (Wildman–Crippen LogP) is 5.47. The van der Waals surface area contributed by atoms with Crippen LogP contribution in [0.1, 0.15) is 5.56 Å². The first-order valence-corrected chi connectivity index (χ1v) is 9.17. The van der Waals surface area contributed by atoms with Gasteiger partial charge in [0.1, 0.15) is 18.1 Å². The molecule has 3 rings (SSSR count). The Balaban J connectivity index is 1.64. The molecule has 3 nitrogen and oxygen atoms in total. The molecular formula is C20H19BrClNO2. The highest BCUT2D eigenvalue weighted by molar-refractivity contribution is 9.10. The summed E-state index contributed by atoms with van der Waals surface area (Å²) in [6.07, 6.45) is 0. The van der Waals surface area contributed by atoms with Gasteiger partial charge in [0.05, 0.1) is 0 Å². The lowest BCUT2D eigenvalue weighted by Gasteiger charge is -2.19. The van der Waals surface area contributed by atoms with Crippen molar-refractivity contribution in [3.63, 3.8) is 0 Å². The van der Waals surface area contributed by atoms with E-state index in [4.69, 9.17) is 16.3 Å². The van der Waals surface area contributed by atoms with Crippen LogP contribution >= 0.6 is 27.5 Å². The minimum Gasteiger partial charge on any atom is -0.508 e. The number of nitrogens with zero attached hydrogens (tertiary/aromatic N) is 1. The average molecular weight is 421 g/mol. The van der Waals surface area contributed by atoms with Crippen molar-refractivity contribution in [1.29, 1.82) is 0 Å². The zero-order chi connectivity index (χ0) is 17.8. The van der Waals surface area contributed by atoms with Gasteiger partial charge in [-0.05, 0) is 60.3 Å². The van der Waals surface area contributed by atoms with Gasteiger partial charge >= 0.3 is 0 Å². The summed E-state index contributed by atoms with van der Waals surface area (Å²) in [5, 5.41) is 13.1. The third kappa shape index (κ3) is 4.66. The second kappa shape index (κ2) is 8.09. The van der Waals surface area contributed by atoms with Crippen molar-refractivity contribution in [1.82, 2.24) is 4.90 Å². The molecule has 0 fully saturated rings. The Morgan fingerprint density at radius 2 is 1.84 bits per heavy atom. The Labute approximate surface area is 160 Å².